The molecule has 3 rings (SSSR count). The van der Waals surface area contributed by atoms with Crippen LogP contribution in [0.25, 0.3) is 21.3 Å². The predicted molar refractivity (Wildman–Crippen MR) is 121 cm³/mol. The molecule has 0 aliphatic heterocycles. The SMILES string of the molecule is CCN(CC)CCn1c(C)nc2scc(-c3ccc(C(C)(C)C)cc3)c2c1=O. The highest BCUT2D eigenvalue weighted by molar-refractivity contribution is 7.17. The summed E-state index contributed by atoms with van der Waals surface area (Å²) in [5.41, 5.74) is 3.56. The Morgan fingerprint density at radius 2 is 1.75 bits per heavy atom. The fraction of sp³-hybridized carbons (Fsp3) is 0.478. The monoisotopic (exact) mass is 397 g/mol. The third-order valence-corrected chi connectivity index (χ3v) is 6.35. The Hall–Kier alpha value is -1.98. The highest BCUT2D eigenvalue weighted by Crippen LogP contribution is 2.32. The van der Waals surface area contributed by atoms with Crippen molar-refractivity contribution in [3.8, 4) is 11.1 Å². The molecule has 0 bridgehead atoms. The number of hydrogen-bond acceptors (Lipinski definition) is 4. The average Bonchev–Trinajstić information content (AvgIpc) is 3.08. The number of thiophene rings is 1. The van der Waals surface area contributed by atoms with Gasteiger partial charge in [-0.2, -0.15) is 0 Å². The van der Waals surface area contributed by atoms with Gasteiger partial charge in [-0.3, -0.25) is 9.36 Å². The number of aryl methyl sites for hydroxylation is 1. The number of nitrogens with zero attached hydrogens (tertiary/aromatic N) is 3. The first-order valence-corrected chi connectivity index (χ1v) is 11.0. The largest absolute Gasteiger partial charge is 0.302 e. The van der Waals surface area contributed by atoms with E-state index in [0.29, 0.717) is 6.54 Å². The molecule has 0 spiro atoms. The van der Waals surface area contributed by atoms with E-state index in [0.717, 1.165) is 46.8 Å². The molecule has 2 aromatic heterocycles. The number of rotatable bonds is 6. The van der Waals surface area contributed by atoms with Gasteiger partial charge in [0.05, 0.1) is 5.39 Å². The zero-order chi connectivity index (χ0) is 20.5. The Morgan fingerprint density at radius 3 is 2.32 bits per heavy atom. The van der Waals surface area contributed by atoms with Crippen molar-refractivity contribution in [1.29, 1.82) is 0 Å². The normalized spacial score (nSPS) is 12.2. The summed E-state index contributed by atoms with van der Waals surface area (Å²) in [5, 5.41) is 2.82. The van der Waals surface area contributed by atoms with E-state index in [1.807, 2.05) is 11.5 Å². The number of hydrogen-bond donors (Lipinski definition) is 0. The predicted octanol–water partition coefficient (Wildman–Crippen LogP) is 5.07. The van der Waals surface area contributed by atoms with Gasteiger partial charge in [-0.15, -0.1) is 11.3 Å². The van der Waals surface area contributed by atoms with E-state index in [9.17, 15) is 4.79 Å². The fourth-order valence-corrected chi connectivity index (χ4v) is 4.52. The summed E-state index contributed by atoms with van der Waals surface area (Å²) >= 11 is 1.55. The van der Waals surface area contributed by atoms with E-state index in [4.69, 9.17) is 4.98 Å². The van der Waals surface area contributed by atoms with E-state index in [2.05, 4.69) is 69.2 Å². The molecule has 0 saturated heterocycles. The van der Waals surface area contributed by atoms with Gasteiger partial charge in [-0.25, -0.2) is 4.98 Å². The summed E-state index contributed by atoms with van der Waals surface area (Å²) in [6, 6.07) is 8.59. The number of fused-ring (bicyclic) bond motifs is 1. The number of likely N-dealkylation sites (N-methyl/N-ethyl adjacent to an activating group) is 1. The van der Waals surface area contributed by atoms with Gasteiger partial charge in [0.1, 0.15) is 10.7 Å². The number of aromatic nitrogens is 2. The summed E-state index contributed by atoms with van der Waals surface area (Å²) < 4.78 is 1.83. The lowest BCUT2D eigenvalue weighted by Crippen LogP contribution is -2.32. The zero-order valence-corrected chi connectivity index (χ0v) is 18.7. The first-order valence-electron chi connectivity index (χ1n) is 10.1. The lowest BCUT2D eigenvalue weighted by molar-refractivity contribution is 0.288. The van der Waals surface area contributed by atoms with Gasteiger partial charge in [0.25, 0.3) is 5.56 Å². The molecule has 5 heteroatoms. The Labute approximate surface area is 171 Å². The molecule has 0 N–H and O–H groups in total. The second kappa shape index (κ2) is 8.18. The van der Waals surface area contributed by atoms with Crippen LogP contribution in [0, 0.1) is 6.92 Å². The Kier molecular flexibility index (Phi) is 6.06. The van der Waals surface area contributed by atoms with Gasteiger partial charge in [-0.1, -0.05) is 58.9 Å². The summed E-state index contributed by atoms with van der Waals surface area (Å²) in [6.07, 6.45) is 0. The van der Waals surface area contributed by atoms with Gasteiger partial charge < -0.3 is 4.90 Å². The van der Waals surface area contributed by atoms with E-state index < -0.39 is 0 Å². The van der Waals surface area contributed by atoms with Crippen LogP contribution < -0.4 is 5.56 Å². The highest BCUT2D eigenvalue weighted by atomic mass is 32.1. The lowest BCUT2D eigenvalue weighted by Gasteiger charge is -2.19. The summed E-state index contributed by atoms with van der Waals surface area (Å²) in [6.45, 7) is 16.4. The van der Waals surface area contributed by atoms with Gasteiger partial charge in [-0.05, 0) is 36.6 Å². The van der Waals surface area contributed by atoms with Crippen LogP contribution in [0.4, 0.5) is 0 Å². The van der Waals surface area contributed by atoms with Crippen LogP contribution >= 0.6 is 11.3 Å². The van der Waals surface area contributed by atoms with Crippen LogP contribution in [-0.4, -0.2) is 34.1 Å². The molecule has 0 unspecified atom stereocenters. The Morgan fingerprint density at radius 1 is 1.11 bits per heavy atom. The van der Waals surface area contributed by atoms with Crippen LogP contribution in [0.2, 0.25) is 0 Å². The minimum atomic E-state index is 0.0748. The Balaban J connectivity index is 2.03. The highest BCUT2D eigenvalue weighted by Gasteiger charge is 2.17. The third kappa shape index (κ3) is 4.06. The summed E-state index contributed by atoms with van der Waals surface area (Å²) in [5.74, 6) is 0.793. The van der Waals surface area contributed by atoms with Crippen LogP contribution in [0.1, 0.15) is 46.0 Å². The van der Waals surface area contributed by atoms with Crippen molar-refractivity contribution in [3.63, 3.8) is 0 Å². The molecular formula is C23H31N3OS. The molecule has 150 valence electrons. The first-order chi connectivity index (χ1) is 13.3. The van der Waals surface area contributed by atoms with E-state index >= 15 is 0 Å². The lowest BCUT2D eigenvalue weighted by atomic mass is 9.86. The van der Waals surface area contributed by atoms with E-state index in [1.165, 1.54) is 5.56 Å². The molecule has 1 aromatic carbocycles. The molecule has 4 nitrogen and oxygen atoms in total. The average molecular weight is 398 g/mol. The van der Waals surface area contributed by atoms with Crippen LogP contribution in [0.3, 0.4) is 0 Å². The maximum absolute atomic E-state index is 13.3. The standard InChI is InChI=1S/C23H31N3OS/c1-7-25(8-2)13-14-26-16(3)24-21-20(22(26)27)19(15-28-21)17-9-11-18(12-10-17)23(4,5)6/h9-12,15H,7-8,13-14H2,1-6H3. The van der Waals surface area contributed by atoms with Crippen molar-refractivity contribution >= 4 is 21.6 Å². The summed E-state index contributed by atoms with van der Waals surface area (Å²) in [7, 11) is 0. The quantitative estimate of drug-likeness (QED) is 0.583. The van der Waals surface area contributed by atoms with E-state index in [1.54, 1.807) is 11.3 Å². The molecule has 0 amide bonds. The second-order valence-corrected chi connectivity index (χ2v) is 9.16. The van der Waals surface area contributed by atoms with Crippen molar-refractivity contribution in [1.82, 2.24) is 14.5 Å². The molecule has 0 atom stereocenters. The van der Waals surface area contributed by atoms with Crippen molar-refractivity contribution < 1.29 is 0 Å². The van der Waals surface area contributed by atoms with Gasteiger partial charge in [0.2, 0.25) is 0 Å². The topological polar surface area (TPSA) is 38.1 Å². The van der Waals surface area contributed by atoms with Crippen molar-refractivity contribution in [3.05, 3.63) is 51.4 Å². The van der Waals surface area contributed by atoms with Crippen LogP contribution in [0.5, 0.6) is 0 Å². The van der Waals surface area contributed by atoms with Crippen molar-refractivity contribution in [2.45, 2.75) is 53.5 Å². The van der Waals surface area contributed by atoms with Gasteiger partial charge >= 0.3 is 0 Å². The van der Waals surface area contributed by atoms with Gasteiger partial charge in [0, 0.05) is 24.0 Å². The van der Waals surface area contributed by atoms with Crippen LogP contribution in [-0.2, 0) is 12.0 Å². The van der Waals surface area contributed by atoms with Crippen molar-refractivity contribution in [2.75, 3.05) is 19.6 Å². The fourth-order valence-electron chi connectivity index (χ4n) is 3.53. The van der Waals surface area contributed by atoms with Crippen molar-refractivity contribution in [2.24, 2.45) is 0 Å². The van der Waals surface area contributed by atoms with E-state index in [-0.39, 0.29) is 11.0 Å². The molecule has 0 radical (unpaired) electrons. The number of benzene rings is 1. The maximum Gasteiger partial charge on any atom is 0.262 e. The first kappa shape index (κ1) is 20.7. The minimum absolute atomic E-state index is 0.0748. The molecule has 0 aliphatic carbocycles. The molecule has 28 heavy (non-hydrogen) atoms. The minimum Gasteiger partial charge on any atom is -0.302 e. The summed E-state index contributed by atoms with van der Waals surface area (Å²) in [4.78, 5) is 21.2. The zero-order valence-electron chi connectivity index (χ0n) is 17.9. The smallest absolute Gasteiger partial charge is 0.262 e. The van der Waals surface area contributed by atoms with Crippen LogP contribution in [0.15, 0.2) is 34.4 Å². The molecule has 0 saturated carbocycles. The molecule has 2 heterocycles. The second-order valence-electron chi connectivity index (χ2n) is 8.30. The molecule has 0 aliphatic rings. The maximum atomic E-state index is 13.3. The Bertz CT molecular complexity index is 1010. The molecular weight excluding hydrogens is 366 g/mol. The molecule has 0 fully saturated rings. The van der Waals surface area contributed by atoms with Gasteiger partial charge in [0.15, 0.2) is 0 Å². The molecule has 3 aromatic rings. The third-order valence-electron chi connectivity index (χ3n) is 5.48.